The third-order valence-electron chi connectivity index (χ3n) is 7.08. The topological polar surface area (TPSA) is 98.3 Å². The molecule has 0 radical (unpaired) electrons. The number of carbonyl (C=O) groups excluding carboxylic acids is 1. The molecule has 0 N–H and O–H groups in total. The average Bonchev–Trinajstić information content (AvgIpc) is 3.45. The van der Waals surface area contributed by atoms with Crippen molar-refractivity contribution in [2.75, 3.05) is 39.3 Å². The Kier molecular flexibility index (Phi) is 8.24. The highest BCUT2D eigenvalue weighted by molar-refractivity contribution is 7.89. The number of benzene rings is 3. The largest absolute Gasteiger partial charge is 0.497 e. The summed E-state index contributed by atoms with van der Waals surface area (Å²) < 4.78 is 44.9. The van der Waals surface area contributed by atoms with Crippen LogP contribution >= 0.6 is 11.3 Å². The predicted molar refractivity (Wildman–Crippen MR) is 155 cm³/mol. The molecule has 1 aliphatic heterocycles. The normalized spacial score (nSPS) is 14.7. The Hall–Kier alpha value is -3.67. The fraction of sp³-hybridized carbons (Fsp3) is 0.310. The summed E-state index contributed by atoms with van der Waals surface area (Å²) in [6.07, 6.45) is 0.827. The first kappa shape index (κ1) is 27.9. The molecule has 0 bridgehead atoms. The molecule has 0 saturated carbocycles. The minimum absolute atomic E-state index is 0.0812. The van der Waals surface area contributed by atoms with Crippen molar-refractivity contribution in [1.82, 2.24) is 9.29 Å². The molecule has 1 fully saturated rings. The van der Waals surface area contributed by atoms with E-state index >= 15 is 0 Å². The van der Waals surface area contributed by atoms with E-state index in [1.54, 1.807) is 49.5 Å². The second kappa shape index (κ2) is 11.8. The Morgan fingerprint density at radius 2 is 1.57 bits per heavy atom. The maximum atomic E-state index is 14.0. The first-order valence-corrected chi connectivity index (χ1v) is 15.1. The van der Waals surface area contributed by atoms with Gasteiger partial charge >= 0.3 is 0 Å². The van der Waals surface area contributed by atoms with Crippen LogP contribution in [0.4, 0.5) is 5.13 Å². The maximum Gasteiger partial charge on any atom is 0.243 e. The average molecular weight is 582 g/mol. The Bertz CT molecular complexity index is 1540. The molecular weight excluding hydrogens is 550 g/mol. The molecule has 0 aliphatic carbocycles. The quantitative estimate of drug-likeness (QED) is 0.276. The summed E-state index contributed by atoms with van der Waals surface area (Å²) in [4.78, 5) is 20.8. The Morgan fingerprint density at radius 3 is 2.20 bits per heavy atom. The summed E-state index contributed by atoms with van der Waals surface area (Å²) in [5.41, 5.74) is 1.60. The number of ether oxygens (including phenoxy) is 3. The number of rotatable bonds is 9. The molecule has 1 aliphatic rings. The molecule has 3 aromatic carbocycles. The molecule has 4 aromatic rings. The fourth-order valence-electron chi connectivity index (χ4n) is 4.86. The molecule has 210 valence electrons. The van der Waals surface area contributed by atoms with Crippen LogP contribution < -0.4 is 19.1 Å². The van der Waals surface area contributed by atoms with Gasteiger partial charge in [-0.25, -0.2) is 13.4 Å². The molecule has 11 heteroatoms. The van der Waals surface area contributed by atoms with Crippen molar-refractivity contribution in [3.05, 3.63) is 72.3 Å². The first-order valence-electron chi connectivity index (χ1n) is 12.9. The summed E-state index contributed by atoms with van der Waals surface area (Å²) in [5, 5.41) is 0.542. The van der Waals surface area contributed by atoms with Gasteiger partial charge < -0.3 is 14.2 Å². The lowest BCUT2D eigenvalue weighted by Crippen LogP contribution is -2.44. The number of anilines is 1. The highest BCUT2D eigenvalue weighted by Gasteiger charge is 2.35. The standard InChI is InChI=1S/C29H31N3O6S2/c1-36-22-9-11-23(12-10-22)40(34,35)31-17-15-21(16-18-31)28(33)32(19-20-7-5-4-6-8-20)29-30-26-24(37-2)13-14-25(38-3)27(26)39-29/h4-14,21H,15-19H2,1-3H3. The van der Waals surface area contributed by atoms with E-state index in [0.29, 0.717) is 47.3 Å². The SMILES string of the molecule is COc1ccc(S(=O)(=O)N2CCC(C(=O)N(Cc3ccccc3)c3nc4c(OC)ccc(OC)c4s3)CC2)cc1. The van der Waals surface area contributed by atoms with Crippen LogP contribution in [0.1, 0.15) is 18.4 Å². The van der Waals surface area contributed by atoms with E-state index in [1.807, 2.05) is 36.4 Å². The van der Waals surface area contributed by atoms with Crippen molar-refractivity contribution < 1.29 is 27.4 Å². The highest BCUT2D eigenvalue weighted by Crippen LogP contribution is 2.41. The summed E-state index contributed by atoms with van der Waals surface area (Å²) in [7, 11) is 1.04. The zero-order valence-electron chi connectivity index (χ0n) is 22.6. The summed E-state index contributed by atoms with van der Waals surface area (Å²) >= 11 is 1.38. The fourth-order valence-corrected chi connectivity index (χ4v) is 7.40. The molecule has 0 atom stereocenters. The van der Waals surface area contributed by atoms with Crippen LogP contribution in [-0.2, 0) is 21.4 Å². The van der Waals surface area contributed by atoms with E-state index < -0.39 is 10.0 Å². The third-order valence-corrected chi connectivity index (χ3v) is 10.1. The van der Waals surface area contributed by atoms with Crippen LogP contribution in [0.3, 0.4) is 0 Å². The number of piperidine rings is 1. The van der Waals surface area contributed by atoms with Crippen LogP contribution in [0.15, 0.2) is 71.6 Å². The second-order valence-electron chi connectivity index (χ2n) is 9.41. The molecular formula is C29H31N3O6S2. The van der Waals surface area contributed by atoms with Gasteiger partial charge in [0.15, 0.2) is 5.13 Å². The van der Waals surface area contributed by atoms with E-state index in [-0.39, 0.29) is 29.8 Å². The van der Waals surface area contributed by atoms with Crippen LogP contribution in [-0.4, -0.2) is 58.0 Å². The zero-order chi connectivity index (χ0) is 28.3. The smallest absolute Gasteiger partial charge is 0.243 e. The van der Waals surface area contributed by atoms with Gasteiger partial charge in [0.2, 0.25) is 15.9 Å². The van der Waals surface area contributed by atoms with Gasteiger partial charge in [-0.1, -0.05) is 41.7 Å². The minimum Gasteiger partial charge on any atom is -0.497 e. The molecule has 0 unspecified atom stereocenters. The van der Waals surface area contributed by atoms with Crippen molar-refractivity contribution in [3.8, 4) is 17.2 Å². The van der Waals surface area contributed by atoms with E-state index in [4.69, 9.17) is 19.2 Å². The van der Waals surface area contributed by atoms with Crippen molar-refractivity contribution in [2.24, 2.45) is 5.92 Å². The van der Waals surface area contributed by atoms with Crippen LogP contribution in [0.25, 0.3) is 10.2 Å². The highest BCUT2D eigenvalue weighted by atomic mass is 32.2. The van der Waals surface area contributed by atoms with E-state index in [0.717, 1.165) is 10.3 Å². The van der Waals surface area contributed by atoms with Gasteiger partial charge in [0.1, 0.15) is 27.5 Å². The zero-order valence-corrected chi connectivity index (χ0v) is 24.2. The number of thiazole rings is 1. The molecule has 5 rings (SSSR count). The first-order chi connectivity index (χ1) is 19.3. The molecule has 2 heterocycles. The number of amides is 1. The lowest BCUT2D eigenvalue weighted by molar-refractivity contribution is -0.123. The Morgan fingerprint density at radius 1 is 0.925 bits per heavy atom. The van der Waals surface area contributed by atoms with Gasteiger partial charge in [0.25, 0.3) is 0 Å². The summed E-state index contributed by atoms with van der Waals surface area (Å²) in [6.45, 7) is 0.853. The van der Waals surface area contributed by atoms with Crippen molar-refractivity contribution in [2.45, 2.75) is 24.3 Å². The number of aromatic nitrogens is 1. The van der Waals surface area contributed by atoms with Crippen molar-refractivity contribution in [3.63, 3.8) is 0 Å². The minimum atomic E-state index is -3.68. The molecule has 0 spiro atoms. The molecule has 1 aromatic heterocycles. The van der Waals surface area contributed by atoms with Crippen LogP contribution in [0.5, 0.6) is 17.2 Å². The lowest BCUT2D eigenvalue weighted by Gasteiger charge is -2.33. The predicted octanol–water partition coefficient (Wildman–Crippen LogP) is 4.96. The number of sulfonamides is 1. The third kappa shape index (κ3) is 5.49. The number of methoxy groups -OCH3 is 3. The van der Waals surface area contributed by atoms with Gasteiger partial charge in [-0.05, 0) is 54.8 Å². The van der Waals surface area contributed by atoms with Gasteiger partial charge in [-0.3, -0.25) is 9.69 Å². The second-order valence-corrected chi connectivity index (χ2v) is 12.3. The van der Waals surface area contributed by atoms with E-state index in [2.05, 4.69) is 0 Å². The molecule has 40 heavy (non-hydrogen) atoms. The molecule has 1 saturated heterocycles. The molecule has 9 nitrogen and oxygen atoms in total. The molecule has 1 amide bonds. The lowest BCUT2D eigenvalue weighted by atomic mass is 9.96. The van der Waals surface area contributed by atoms with Crippen molar-refractivity contribution >= 4 is 42.6 Å². The van der Waals surface area contributed by atoms with Crippen LogP contribution in [0.2, 0.25) is 0 Å². The maximum absolute atomic E-state index is 14.0. The number of carbonyl (C=O) groups is 1. The number of hydrogen-bond acceptors (Lipinski definition) is 8. The Labute approximate surface area is 238 Å². The van der Waals surface area contributed by atoms with Crippen molar-refractivity contribution in [1.29, 1.82) is 0 Å². The van der Waals surface area contributed by atoms with Gasteiger partial charge in [0.05, 0.1) is 32.8 Å². The number of hydrogen-bond donors (Lipinski definition) is 0. The monoisotopic (exact) mass is 581 g/mol. The van der Waals surface area contributed by atoms with E-state index in [9.17, 15) is 13.2 Å². The Balaban J connectivity index is 1.40. The summed E-state index contributed by atoms with van der Waals surface area (Å²) in [6, 6.07) is 19.7. The number of nitrogens with zero attached hydrogens (tertiary/aromatic N) is 3. The van der Waals surface area contributed by atoms with Gasteiger partial charge in [-0.2, -0.15) is 4.31 Å². The van der Waals surface area contributed by atoms with Gasteiger partial charge in [-0.15, -0.1) is 0 Å². The van der Waals surface area contributed by atoms with Crippen LogP contribution in [0, 0.1) is 5.92 Å². The van der Waals surface area contributed by atoms with Gasteiger partial charge in [0, 0.05) is 19.0 Å². The summed E-state index contributed by atoms with van der Waals surface area (Å²) in [5.74, 6) is 1.42. The number of fused-ring (bicyclic) bond motifs is 1. The van der Waals surface area contributed by atoms with E-state index in [1.165, 1.54) is 22.8 Å².